The minimum atomic E-state index is -1.06. The molecular weight excluding hydrogens is 274 g/mol. The molecule has 1 rings (SSSR count). The molecule has 0 radical (unpaired) electrons. The molecular formula is C11H15NO6S. The van der Waals surface area contributed by atoms with E-state index >= 15 is 0 Å². The smallest absolute Gasteiger partial charge is 0.307 e. The van der Waals surface area contributed by atoms with E-state index < -0.39 is 23.4 Å². The van der Waals surface area contributed by atoms with Gasteiger partial charge in [0.2, 0.25) is 5.91 Å². The number of hydrogen-bond acceptors (Lipinski definition) is 6. The lowest BCUT2D eigenvalue weighted by molar-refractivity contribution is -0.151. The number of cyclic esters (lactones) is 1. The Kier molecular flexibility index (Phi) is 5.81. The van der Waals surface area contributed by atoms with Crippen molar-refractivity contribution in [3.63, 3.8) is 0 Å². The average molecular weight is 289 g/mol. The Hall–Kier alpha value is -1.57. The van der Waals surface area contributed by atoms with Gasteiger partial charge in [-0.25, -0.2) is 0 Å². The molecule has 1 heterocycles. The third-order valence-electron chi connectivity index (χ3n) is 2.41. The number of thioether (sulfide) groups is 1. The van der Waals surface area contributed by atoms with E-state index in [4.69, 9.17) is 9.84 Å². The van der Waals surface area contributed by atoms with Gasteiger partial charge < -0.3 is 15.2 Å². The summed E-state index contributed by atoms with van der Waals surface area (Å²) in [6.07, 6.45) is 0.186. The van der Waals surface area contributed by atoms with Crippen LogP contribution in [0.25, 0.3) is 0 Å². The number of carboxylic acids is 1. The van der Waals surface area contributed by atoms with E-state index in [1.54, 1.807) is 0 Å². The molecule has 0 spiro atoms. The second-order valence-electron chi connectivity index (χ2n) is 4.09. The summed E-state index contributed by atoms with van der Waals surface area (Å²) in [6, 6.07) is -0.422. The van der Waals surface area contributed by atoms with Crippen molar-refractivity contribution >= 4 is 34.7 Å². The average Bonchev–Trinajstić information content (AvgIpc) is 2.29. The van der Waals surface area contributed by atoms with Crippen LogP contribution in [0, 0.1) is 0 Å². The first-order valence-corrected chi connectivity index (χ1v) is 6.64. The van der Waals surface area contributed by atoms with Gasteiger partial charge in [-0.3, -0.25) is 19.2 Å². The highest BCUT2D eigenvalue weighted by Gasteiger charge is 2.33. The molecule has 0 aromatic rings. The molecule has 1 saturated heterocycles. The van der Waals surface area contributed by atoms with Crippen molar-refractivity contribution in [3.8, 4) is 0 Å². The highest BCUT2D eigenvalue weighted by atomic mass is 32.2. The van der Waals surface area contributed by atoms with E-state index in [-0.39, 0.29) is 30.3 Å². The first-order chi connectivity index (χ1) is 8.88. The lowest BCUT2D eigenvalue weighted by Crippen LogP contribution is -2.46. The van der Waals surface area contributed by atoms with Crippen molar-refractivity contribution in [2.75, 3.05) is 0 Å². The molecule has 1 aliphatic rings. The second kappa shape index (κ2) is 7.13. The Morgan fingerprint density at radius 3 is 2.68 bits per heavy atom. The van der Waals surface area contributed by atoms with E-state index in [0.29, 0.717) is 6.42 Å². The summed E-state index contributed by atoms with van der Waals surface area (Å²) < 4.78 is 5.02. The van der Waals surface area contributed by atoms with Crippen molar-refractivity contribution in [3.05, 3.63) is 0 Å². The molecule has 1 aliphatic heterocycles. The van der Waals surface area contributed by atoms with Crippen LogP contribution in [0.5, 0.6) is 0 Å². The Morgan fingerprint density at radius 1 is 1.42 bits per heavy atom. The van der Waals surface area contributed by atoms with Crippen LogP contribution in [0.2, 0.25) is 0 Å². The van der Waals surface area contributed by atoms with Crippen molar-refractivity contribution in [1.82, 2.24) is 5.32 Å². The normalized spacial score (nSPS) is 22.5. The van der Waals surface area contributed by atoms with E-state index in [2.05, 4.69) is 5.32 Å². The maximum absolute atomic E-state index is 11.5. The predicted octanol–water partition coefficient (Wildman–Crippen LogP) is 0.279. The molecule has 0 aromatic heterocycles. The number of hydrogen-bond donors (Lipinski definition) is 2. The fraction of sp³-hybridized carbons (Fsp3) is 0.636. The largest absolute Gasteiger partial charge is 0.481 e. The highest BCUT2D eigenvalue weighted by Crippen LogP contribution is 2.26. The molecule has 0 saturated carbocycles. The predicted molar refractivity (Wildman–Crippen MR) is 66.2 cm³/mol. The van der Waals surface area contributed by atoms with Crippen molar-refractivity contribution in [1.29, 1.82) is 0 Å². The zero-order valence-corrected chi connectivity index (χ0v) is 11.2. The highest BCUT2D eigenvalue weighted by molar-refractivity contribution is 8.14. The Balaban J connectivity index is 2.54. The number of ether oxygens (including phenoxy) is 1. The maximum atomic E-state index is 11.5. The van der Waals surface area contributed by atoms with Crippen LogP contribution >= 0.6 is 11.8 Å². The van der Waals surface area contributed by atoms with Gasteiger partial charge in [0, 0.05) is 19.8 Å². The molecule has 2 unspecified atom stereocenters. The number of carbonyl (C=O) groups excluding carboxylic acids is 3. The topological polar surface area (TPSA) is 110 Å². The van der Waals surface area contributed by atoms with E-state index in [0.717, 1.165) is 11.8 Å². The number of aliphatic carboxylic acids is 1. The number of nitrogens with one attached hydrogen (secondary N) is 1. The van der Waals surface area contributed by atoms with Crippen LogP contribution in [-0.4, -0.2) is 39.5 Å². The quantitative estimate of drug-likeness (QED) is 0.699. The number of rotatable bonds is 5. The molecule has 7 nitrogen and oxygen atoms in total. The third kappa shape index (κ3) is 5.73. The van der Waals surface area contributed by atoms with Gasteiger partial charge in [0.15, 0.2) is 10.6 Å². The molecule has 2 N–H and O–H groups in total. The zero-order chi connectivity index (χ0) is 14.4. The molecule has 19 heavy (non-hydrogen) atoms. The summed E-state index contributed by atoms with van der Waals surface area (Å²) in [5.41, 5.74) is -0.786. The summed E-state index contributed by atoms with van der Waals surface area (Å²) in [7, 11) is 0. The van der Waals surface area contributed by atoms with Crippen LogP contribution < -0.4 is 5.32 Å². The molecule has 1 fully saturated rings. The molecule has 106 valence electrons. The summed E-state index contributed by atoms with van der Waals surface area (Å²) in [5, 5.41) is 10.7. The van der Waals surface area contributed by atoms with Crippen molar-refractivity contribution in [2.45, 2.75) is 44.1 Å². The summed E-state index contributed by atoms with van der Waals surface area (Å²) in [4.78, 5) is 44.1. The third-order valence-corrected chi connectivity index (χ3v) is 3.54. The molecule has 0 aromatic carbocycles. The van der Waals surface area contributed by atoms with Crippen molar-refractivity contribution < 1.29 is 29.0 Å². The lowest BCUT2D eigenvalue weighted by atomic mass is 10.1. The minimum Gasteiger partial charge on any atom is -0.481 e. The second-order valence-corrected chi connectivity index (χ2v) is 5.24. The fourth-order valence-corrected chi connectivity index (χ4v) is 2.59. The summed E-state index contributed by atoms with van der Waals surface area (Å²) in [6.45, 7) is 1.34. The number of esters is 1. The number of carbonyl (C=O) groups is 4. The van der Waals surface area contributed by atoms with Gasteiger partial charge in [-0.2, -0.15) is 0 Å². The lowest BCUT2D eigenvalue weighted by Gasteiger charge is -2.30. The van der Waals surface area contributed by atoms with Crippen molar-refractivity contribution in [2.24, 2.45) is 0 Å². The van der Waals surface area contributed by atoms with Crippen LogP contribution in [0.4, 0.5) is 0 Å². The number of carboxylic acid groups (broad SMARTS) is 1. The molecule has 0 aliphatic carbocycles. The van der Waals surface area contributed by atoms with Crippen LogP contribution in [0.3, 0.4) is 0 Å². The molecule has 8 heteroatoms. The van der Waals surface area contributed by atoms with Gasteiger partial charge >= 0.3 is 11.9 Å². The van der Waals surface area contributed by atoms with Gasteiger partial charge in [-0.05, 0) is 18.2 Å². The first kappa shape index (κ1) is 15.5. The Bertz CT molecular complexity index is 397. The number of amides is 1. The van der Waals surface area contributed by atoms with Gasteiger partial charge in [0.25, 0.3) is 0 Å². The molecule has 1 amide bonds. The van der Waals surface area contributed by atoms with Gasteiger partial charge in [0.05, 0.1) is 12.5 Å². The fourth-order valence-electron chi connectivity index (χ4n) is 1.59. The van der Waals surface area contributed by atoms with E-state index in [1.165, 1.54) is 6.92 Å². The van der Waals surface area contributed by atoms with Crippen LogP contribution in [0.15, 0.2) is 0 Å². The minimum absolute atomic E-state index is 0.138. The van der Waals surface area contributed by atoms with E-state index in [1.807, 2.05) is 0 Å². The van der Waals surface area contributed by atoms with Gasteiger partial charge in [0.1, 0.15) is 0 Å². The SMILES string of the molecule is CC(=O)NC1CCC(=O)OC1SC(=O)CCC(=O)O. The Labute approximate surface area is 114 Å². The monoisotopic (exact) mass is 289 g/mol. The maximum Gasteiger partial charge on any atom is 0.307 e. The van der Waals surface area contributed by atoms with E-state index in [9.17, 15) is 19.2 Å². The standard InChI is InChI=1S/C11H15NO6S/c1-6(13)12-7-2-4-9(16)18-11(7)19-10(17)5-3-8(14)15/h7,11H,2-5H2,1H3,(H,12,13)(H,14,15). The molecule has 0 bridgehead atoms. The van der Waals surface area contributed by atoms with Gasteiger partial charge in [-0.15, -0.1) is 0 Å². The summed E-state index contributed by atoms with van der Waals surface area (Å²) in [5.74, 6) is -1.76. The van der Waals surface area contributed by atoms with Gasteiger partial charge in [-0.1, -0.05) is 0 Å². The Morgan fingerprint density at radius 2 is 2.11 bits per heavy atom. The van der Waals surface area contributed by atoms with Crippen LogP contribution in [-0.2, 0) is 23.9 Å². The van der Waals surface area contributed by atoms with Crippen LogP contribution in [0.1, 0.15) is 32.6 Å². The molecule has 2 atom stereocenters. The summed E-state index contributed by atoms with van der Waals surface area (Å²) >= 11 is 0.756. The first-order valence-electron chi connectivity index (χ1n) is 5.76. The zero-order valence-electron chi connectivity index (χ0n) is 10.4.